The number of hydrogen-bond donors (Lipinski definition) is 2. The predicted molar refractivity (Wildman–Crippen MR) is 86.4 cm³/mol. The number of aryl methyl sites for hydroxylation is 1. The van der Waals surface area contributed by atoms with Crippen molar-refractivity contribution in [3.8, 4) is 0 Å². The first-order valence-electron chi connectivity index (χ1n) is 7.57. The van der Waals surface area contributed by atoms with Gasteiger partial charge in [-0.2, -0.15) is 0 Å². The minimum atomic E-state index is -1.69. The molecular formula is C18H20FNO4. The molecule has 2 N–H and O–H groups in total. The highest BCUT2D eigenvalue weighted by Gasteiger charge is 2.37. The molecule has 1 aromatic heterocycles. The van der Waals surface area contributed by atoms with Gasteiger partial charge in [0.25, 0.3) is 5.91 Å². The van der Waals surface area contributed by atoms with E-state index in [4.69, 9.17) is 4.42 Å². The van der Waals surface area contributed by atoms with Gasteiger partial charge < -0.3 is 14.8 Å². The van der Waals surface area contributed by atoms with Crippen molar-refractivity contribution in [3.63, 3.8) is 0 Å². The van der Waals surface area contributed by atoms with E-state index < -0.39 is 23.2 Å². The summed E-state index contributed by atoms with van der Waals surface area (Å²) in [5.74, 6) is -1.11. The fourth-order valence-electron chi connectivity index (χ4n) is 2.34. The maximum absolute atomic E-state index is 13.1. The second-order valence-corrected chi connectivity index (χ2v) is 6.16. The lowest BCUT2D eigenvalue weighted by Crippen LogP contribution is -2.49. The Morgan fingerprint density at radius 2 is 1.83 bits per heavy atom. The van der Waals surface area contributed by atoms with Crippen LogP contribution in [0.25, 0.3) is 0 Å². The lowest BCUT2D eigenvalue weighted by molar-refractivity contribution is -0.144. The number of carboxylic acid groups (broad SMARTS) is 1. The number of amides is 1. The van der Waals surface area contributed by atoms with Crippen molar-refractivity contribution in [2.75, 3.05) is 0 Å². The third-order valence-corrected chi connectivity index (χ3v) is 3.96. The molecule has 24 heavy (non-hydrogen) atoms. The highest BCUT2D eigenvalue weighted by molar-refractivity contribution is 5.99. The molecule has 0 saturated carbocycles. The lowest BCUT2D eigenvalue weighted by Gasteiger charge is -2.26. The first-order chi connectivity index (χ1) is 11.1. The molecule has 1 atom stereocenters. The zero-order valence-corrected chi connectivity index (χ0v) is 14.0. The summed E-state index contributed by atoms with van der Waals surface area (Å²) in [7, 11) is 0. The lowest BCUT2D eigenvalue weighted by atomic mass is 9.91. The van der Waals surface area contributed by atoms with Gasteiger partial charge in [0.2, 0.25) is 0 Å². The first kappa shape index (κ1) is 17.7. The van der Waals surface area contributed by atoms with Crippen LogP contribution in [0.4, 0.5) is 4.39 Å². The third kappa shape index (κ3) is 3.32. The van der Waals surface area contributed by atoms with E-state index in [0.717, 1.165) is 12.1 Å². The fraction of sp³-hybridized carbons (Fsp3) is 0.333. The van der Waals surface area contributed by atoms with Crippen molar-refractivity contribution in [1.82, 2.24) is 5.32 Å². The van der Waals surface area contributed by atoms with E-state index in [1.165, 1.54) is 19.1 Å². The summed E-state index contributed by atoms with van der Waals surface area (Å²) in [6.07, 6.45) is 0. The largest absolute Gasteiger partial charge is 0.479 e. The molecule has 0 spiro atoms. The highest BCUT2D eigenvalue weighted by atomic mass is 19.1. The number of carboxylic acids is 1. The Bertz CT molecular complexity index is 764. The monoisotopic (exact) mass is 333 g/mol. The van der Waals surface area contributed by atoms with Crippen LogP contribution in [0, 0.1) is 12.7 Å². The zero-order valence-electron chi connectivity index (χ0n) is 14.0. The highest BCUT2D eigenvalue weighted by Crippen LogP contribution is 2.25. The minimum absolute atomic E-state index is 0.105. The Hall–Kier alpha value is -2.63. The zero-order chi connectivity index (χ0) is 18.1. The van der Waals surface area contributed by atoms with Crippen LogP contribution >= 0.6 is 0 Å². The van der Waals surface area contributed by atoms with Crippen molar-refractivity contribution in [2.24, 2.45) is 0 Å². The van der Waals surface area contributed by atoms with Gasteiger partial charge in [0.05, 0.1) is 5.56 Å². The second-order valence-electron chi connectivity index (χ2n) is 6.16. The summed E-state index contributed by atoms with van der Waals surface area (Å²) < 4.78 is 18.6. The number of carbonyl (C=O) groups is 2. The standard InChI is InChI=1S/C18H20FNO4/c1-10(2)15-9-14(11(3)24-15)16(21)20-18(4,17(22)23)12-5-7-13(19)8-6-12/h5-10H,1-4H3,(H,20,21)(H,22,23). The van der Waals surface area contributed by atoms with E-state index in [9.17, 15) is 19.1 Å². The van der Waals surface area contributed by atoms with Crippen molar-refractivity contribution >= 4 is 11.9 Å². The molecule has 0 fully saturated rings. The number of furan rings is 1. The summed E-state index contributed by atoms with van der Waals surface area (Å²) in [5, 5.41) is 12.1. The Balaban J connectivity index is 2.35. The molecule has 2 aromatic rings. The van der Waals surface area contributed by atoms with Crippen LogP contribution in [-0.2, 0) is 10.3 Å². The molecule has 0 bridgehead atoms. The second kappa shape index (κ2) is 6.47. The molecule has 0 saturated heterocycles. The van der Waals surface area contributed by atoms with Crippen molar-refractivity contribution in [1.29, 1.82) is 0 Å². The third-order valence-electron chi connectivity index (χ3n) is 3.96. The number of halogens is 1. The summed E-state index contributed by atoms with van der Waals surface area (Å²) in [4.78, 5) is 24.3. The van der Waals surface area contributed by atoms with Crippen molar-refractivity contribution in [3.05, 3.63) is 58.8 Å². The van der Waals surface area contributed by atoms with Crippen LogP contribution < -0.4 is 5.32 Å². The number of benzene rings is 1. The number of hydrogen-bond acceptors (Lipinski definition) is 3. The maximum Gasteiger partial charge on any atom is 0.333 e. The molecule has 0 aliphatic rings. The molecule has 6 heteroatoms. The average molecular weight is 333 g/mol. The van der Waals surface area contributed by atoms with Gasteiger partial charge in [-0.25, -0.2) is 9.18 Å². The smallest absolute Gasteiger partial charge is 0.333 e. The Morgan fingerprint density at radius 1 is 1.25 bits per heavy atom. The van der Waals surface area contributed by atoms with Crippen LogP contribution in [0.3, 0.4) is 0 Å². The van der Waals surface area contributed by atoms with Crippen LogP contribution in [0.15, 0.2) is 34.7 Å². The van der Waals surface area contributed by atoms with E-state index in [2.05, 4.69) is 5.32 Å². The van der Waals surface area contributed by atoms with Gasteiger partial charge in [0, 0.05) is 5.92 Å². The van der Waals surface area contributed by atoms with Gasteiger partial charge in [0.1, 0.15) is 17.3 Å². The van der Waals surface area contributed by atoms with Crippen molar-refractivity contribution in [2.45, 2.75) is 39.2 Å². The first-order valence-corrected chi connectivity index (χ1v) is 7.57. The van der Waals surface area contributed by atoms with Gasteiger partial charge >= 0.3 is 5.97 Å². The molecule has 128 valence electrons. The normalized spacial score (nSPS) is 13.6. The summed E-state index contributed by atoms with van der Waals surface area (Å²) >= 11 is 0. The van der Waals surface area contributed by atoms with Crippen LogP contribution in [-0.4, -0.2) is 17.0 Å². The molecule has 1 heterocycles. The topological polar surface area (TPSA) is 79.5 Å². The average Bonchev–Trinajstić information content (AvgIpc) is 2.90. The molecule has 1 amide bonds. The molecule has 2 rings (SSSR count). The Morgan fingerprint density at radius 3 is 2.29 bits per heavy atom. The number of aliphatic carboxylic acids is 1. The molecule has 0 aliphatic heterocycles. The van der Waals surface area contributed by atoms with Gasteiger partial charge in [-0.3, -0.25) is 4.79 Å². The van der Waals surface area contributed by atoms with E-state index in [1.54, 1.807) is 13.0 Å². The quantitative estimate of drug-likeness (QED) is 0.876. The van der Waals surface area contributed by atoms with Gasteiger partial charge in [-0.15, -0.1) is 0 Å². The molecule has 0 radical (unpaired) electrons. The molecule has 1 unspecified atom stereocenters. The number of carbonyl (C=O) groups excluding carboxylic acids is 1. The minimum Gasteiger partial charge on any atom is -0.479 e. The Kier molecular flexibility index (Phi) is 4.78. The molecule has 1 aromatic carbocycles. The van der Waals surface area contributed by atoms with Gasteiger partial charge in [0.15, 0.2) is 5.54 Å². The van der Waals surface area contributed by atoms with E-state index in [-0.39, 0.29) is 17.0 Å². The summed E-state index contributed by atoms with van der Waals surface area (Å²) in [6.45, 7) is 6.87. The van der Waals surface area contributed by atoms with Crippen LogP contribution in [0.5, 0.6) is 0 Å². The number of rotatable bonds is 5. The van der Waals surface area contributed by atoms with Crippen molar-refractivity contribution < 1.29 is 23.5 Å². The molecular weight excluding hydrogens is 313 g/mol. The predicted octanol–water partition coefficient (Wildman–Crippen LogP) is 3.58. The Labute approximate surface area is 139 Å². The number of nitrogens with one attached hydrogen (secondary N) is 1. The van der Waals surface area contributed by atoms with Gasteiger partial charge in [-0.1, -0.05) is 26.0 Å². The maximum atomic E-state index is 13.1. The van der Waals surface area contributed by atoms with Crippen LogP contribution in [0.1, 0.15) is 54.1 Å². The van der Waals surface area contributed by atoms with Gasteiger partial charge in [-0.05, 0) is 37.6 Å². The molecule has 5 nitrogen and oxygen atoms in total. The summed E-state index contributed by atoms with van der Waals surface area (Å²) in [5.41, 5.74) is -1.13. The van der Waals surface area contributed by atoms with E-state index >= 15 is 0 Å². The summed E-state index contributed by atoms with van der Waals surface area (Å²) in [6, 6.07) is 6.60. The molecule has 0 aliphatic carbocycles. The van der Waals surface area contributed by atoms with E-state index in [1.807, 2.05) is 13.8 Å². The SMILES string of the molecule is Cc1oc(C(C)C)cc1C(=O)NC(C)(C(=O)O)c1ccc(F)cc1. The van der Waals surface area contributed by atoms with Crippen LogP contribution in [0.2, 0.25) is 0 Å². The van der Waals surface area contributed by atoms with E-state index in [0.29, 0.717) is 11.5 Å². The fourth-order valence-corrected chi connectivity index (χ4v) is 2.34.